The molecule has 0 aliphatic heterocycles. The number of benzene rings is 3. The van der Waals surface area contributed by atoms with Gasteiger partial charge in [0.15, 0.2) is 11.6 Å². The van der Waals surface area contributed by atoms with Crippen molar-refractivity contribution in [3.63, 3.8) is 0 Å². The number of carbonyl (C=O) groups is 2. The Morgan fingerprint density at radius 3 is 2.25 bits per heavy atom. The zero-order valence-corrected chi connectivity index (χ0v) is 19.8. The summed E-state index contributed by atoms with van der Waals surface area (Å²) in [7, 11) is 0. The molecule has 4 aromatic rings. The van der Waals surface area contributed by atoms with E-state index in [1.165, 1.54) is 29.2 Å². The molecule has 3 nitrogen and oxygen atoms in total. The Morgan fingerprint density at radius 1 is 0.844 bits per heavy atom. The first-order chi connectivity index (χ1) is 15.4. The highest BCUT2D eigenvalue weighted by molar-refractivity contribution is 8.01. The van der Waals surface area contributed by atoms with Crippen molar-refractivity contribution >= 4 is 62.9 Å². The van der Waals surface area contributed by atoms with Crippen molar-refractivity contribution in [1.82, 2.24) is 0 Å². The van der Waals surface area contributed by atoms with Crippen LogP contribution in [0.1, 0.15) is 26.3 Å². The van der Waals surface area contributed by atoms with Gasteiger partial charge in [-0.3, -0.25) is 9.59 Å². The number of rotatable bonds is 7. The zero-order chi connectivity index (χ0) is 22.7. The fourth-order valence-corrected chi connectivity index (χ4v) is 5.51. The van der Waals surface area contributed by atoms with Crippen LogP contribution in [0.5, 0.6) is 0 Å². The normalized spacial score (nSPS) is 10.8. The van der Waals surface area contributed by atoms with E-state index in [-0.39, 0.29) is 22.9 Å². The molecule has 0 amide bonds. The number of nitrogens with two attached hydrogens (primary N) is 1. The van der Waals surface area contributed by atoms with Crippen LogP contribution < -0.4 is 5.73 Å². The van der Waals surface area contributed by atoms with E-state index in [1.807, 2.05) is 36.4 Å². The Balaban J connectivity index is 1.54. The van der Waals surface area contributed by atoms with Gasteiger partial charge in [0.1, 0.15) is 0 Å². The van der Waals surface area contributed by atoms with Crippen LogP contribution in [0.2, 0.25) is 10.0 Å². The molecule has 0 atom stereocenters. The maximum atomic E-state index is 13.0. The Bertz CT molecular complexity index is 1290. The lowest BCUT2D eigenvalue weighted by molar-refractivity contribution is 0.0993. The van der Waals surface area contributed by atoms with Crippen molar-refractivity contribution in [2.45, 2.75) is 4.21 Å². The number of nitrogen functional groups attached to an aromatic ring is 1. The topological polar surface area (TPSA) is 60.2 Å². The third-order valence-electron chi connectivity index (χ3n) is 4.80. The zero-order valence-electron chi connectivity index (χ0n) is 16.7. The third-order valence-corrected chi connectivity index (χ3v) is 7.46. The second-order valence-electron chi connectivity index (χ2n) is 6.95. The van der Waals surface area contributed by atoms with Gasteiger partial charge in [-0.2, -0.15) is 0 Å². The summed E-state index contributed by atoms with van der Waals surface area (Å²) in [6, 6.07) is 23.2. The lowest BCUT2D eigenvalue weighted by atomic mass is 9.96. The second kappa shape index (κ2) is 9.92. The molecule has 0 aliphatic carbocycles. The summed E-state index contributed by atoms with van der Waals surface area (Å²) in [5.41, 5.74) is 9.25. The molecule has 0 spiro atoms. The van der Waals surface area contributed by atoms with Crippen LogP contribution in [0.3, 0.4) is 0 Å². The summed E-state index contributed by atoms with van der Waals surface area (Å²) in [5.74, 6) is -0.252. The number of thioether (sulfide) groups is 1. The standard InChI is InChI=1S/C25H17Cl2NO2S2/c26-17-8-6-16(7-9-17)24(30)21-12-18(27)10-11-19(21)22(29)14-31-23-13-20(25(28)32-23)15-4-2-1-3-5-15/h1-13H,14,28H2. The molecule has 0 saturated carbocycles. The second-order valence-corrected chi connectivity index (χ2v) is 10.2. The van der Waals surface area contributed by atoms with Gasteiger partial charge in [0.2, 0.25) is 0 Å². The van der Waals surface area contributed by atoms with Crippen molar-refractivity contribution in [3.05, 3.63) is 106 Å². The fourth-order valence-electron chi connectivity index (χ4n) is 3.21. The highest BCUT2D eigenvalue weighted by Gasteiger charge is 2.20. The first kappa shape index (κ1) is 22.6. The molecular formula is C25H17Cl2NO2S2. The molecule has 0 bridgehead atoms. The molecule has 7 heteroatoms. The average molecular weight is 498 g/mol. The number of ketones is 2. The largest absolute Gasteiger partial charge is 0.390 e. The van der Waals surface area contributed by atoms with Crippen molar-refractivity contribution in [2.75, 3.05) is 11.5 Å². The van der Waals surface area contributed by atoms with Gasteiger partial charge < -0.3 is 5.73 Å². The van der Waals surface area contributed by atoms with Gasteiger partial charge >= 0.3 is 0 Å². The Labute approximate surface area is 204 Å². The number of hydrogen-bond acceptors (Lipinski definition) is 5. The molecule has 0 unspecified atom stereocenters. The maximum Gasteiger partial charge on any atom is 0.193 e. The van der Waals surface area contributed by atoms with Crippen molar-refractivity contribution in [2.24, 2.45) is 0 Å². The molecule has 0 saturated heterocycles. The van der Waals surface area contributed by atoms with Gasteiger partial charge in [-0.05, 0) is 54.1 Å². The van der Waals surface area contributed by atoms with Crippen LogP contribution in [0, 0.1) is 0 Å². The number of halogens is 2. The number of hydrogen-bond donors (Lipinski definition) is 1. The Kier molecular flexibility index (Phi) is 7.01. The molecule has 1 aromatic heterocycles. The number of thiophene rings is 1. The van der Waals surface area contributed by atoms with Gasteiger partial charge in [-0.1, -0.05) is 53.5 Å². The minimum atomic E-state index is -0.274. The molecule has 0 aliphatic rings. The summed E-state index contributed by atoms with van der Waals surface area (Å²) < 4.78 is 0.939. The smallest absolute Gasteiger partial charge is 0.193 e. The molecule has 1 heterocycles. The van der Waals surface area contributed by atoms with Gasteiger partial charge in [-0.25, -0.2) is 0 Å². The minimum absolute atomic E-state index is 0.155. The molecule has 0 radical (unpaired) electrons. The van der Waals surface area contributed by atoms with E-state index in [0.717, 1.165) is 15.3 Å². The summed E-state index contributed by atoms with van der Waals surface area (Å²) in [6.45, 7) is 0. The predicted molar refractivity (Wildman–Crippen MR) is 136 cm³/mol. The van der Waals surface area contributed by atoms with Crippen LogP contribution in [-0.4, -0.2) is 17.3 Å². The summed E-state index contributed by atoms with van der Waals surface area (Å²) >= 11 is 14.9. The number of carbonyl (C=O) groups excluding carboxylic acids is 2. The van der Waals surface area contributed by atoms with Gasteiger partial charge in [0, 0.05) is 32.3 Å². The van der Waals surface area contributed by atoms with Gasteiger partial charge in [0.25, 0.3) is 0 Å². The molecule has 2 N–H and O–H groups in total. The van der Waals surface area contributed by atoms with E-state index >= 15 is 0 Å². The molecule has 4 rings (SSSR count). The first-order valence-corrected chi connectivity index (χ1v) is 12.2. The Morgan fingerprint density at radius 2 is 1.53 bits per heavy atom. The SMILES string of the molecule is Nc1sc(SCC(=O)c2ccc(Cl)cc2C(=O)c2ccc(Cl)cc2)cc1-c1ccccc1. The van der Waals surface area contributed by atoms with Gasteiger partial charge in [-0.15, -0.1) is 23.1 Å². The lowest BCUT2D eigenvalue weighted by Gasteiger charge is -2.09. The predicted octanol–water partition coefficient (Wildman–Crippen LogP) is 7.51. The number of anilines is 1. The molecule has 3 aromatic carbocycles. The maximum absolute atomic E-state index is 13.0. The van der Waals surface area contributed by atoms with Gasteiger partial charge in [0.05, 0.1) is 15.0 Å². The molecule has 160 valence electrons. The lowest BCUT2D eigenvalue weighted by Crippen LogP contribution is -2.12. The third kappa shape index (κ3) is 5.08. The van der Waals surface area contributed by atoms with Crippen LogP contribution in [-0.2, 0) is 0 Å². The van der Waals surface area contributed by atoms with Crippen LogP contribution in [0.25, 0.3) is 11.1 Å². The van der Waals surface area contributed by atoms with E-state index in [1.54, 1.807) is 36.4 Å². The van der Waals surface area contributed by atoms with Crippen molar-refractivity contribution in [3.8, 4) is 11.1 Å². The van der Waals surface area contributed by atoms with E-state index in [2.05, 4.69) is 0 Å². The minimum Gasteiger partial charge on any atom is -0.390 e. The monoisotopic (exact) mass is 497 g/mol. The van der Waals surface area contributed by atoms with E-state index in [0.29, 0.717) is 26.2 Å². The van der Waals surface area contributed by atoms with E-state index < -0.39 is 0 Å². The average Bonchev–Trinajstić information content (AvgIpc) is 3.18. The van der Waals surface area contributed by atoms with Crippen LogP contribution in [0.15, 0.2) is 83.1 Å². The summed E-state index contributed by atoms with van der Waals surface area (Å²) in [5, 5.41) is 1.63. The van der Waals surface area contributed by atoms with Crippen LogP contribution >= 0.6 is 46.3 Å². The van der Waals surface area contributed by atoms with E-state index in [4.69, 9.17) is 28.9 Å². The first-order valence-electron chi connectivity index (χ1n) is 9.63. The van der Waals surface area contributed by atoms with Crippen molar-refractivity contribution in [1.29, 1.82) is 0 Å². The highest BCUT2D eigenvalue weighted by atomic mass is 35.5. The van der Waals surface area contributed by atoms with Crippen molar-refractivity contribution < 1.29 is 9.59 Å². The van der Waals surface area contributed by atoms with Crippen LogP contribution in [0.4, 0.5) is 5.00 Å². The van der Waals surface area contributed by atoms with E-state index in [9.17, 15) is 9.59 Å². The molecule has 32 heavy (non-hydrogen) atoms. The summed E-state index contributed by atoms with van der Waals surface area (Å²) in [6.07, 6.45) is 0. The molecule has 0 fully saturated rings. The quantitative estimate of drug-likeness (QED) is 0.212. The number of Topliss-reactive ketones (excluding diaryl/α,β-unsaturated/α-hetero) is 1. The Hall–Kier alpha value is -2.57. The summed E-state index contributed by atoms with van der Waals surface area (Å²) in [4.78, 5) is 26.1. The highest BCUT2D eigenvalue weighted by Crippen LogP contribution is 2.39. The molecular weight excluding hydrogens is 481 g/mol. The fraction of sp³-hybridized carbons (Fsp3) is 0.0400.